The highest BCUT2D eigenvalue weighted by Crippen LogP contribution is 2.31. The molecule has 0 saturated carbocycles. The Kier molecular flexibility index (Phi) is 6.45. The summed E-state index contributed by atoms with van der Waals surface area (Å²) in [4.78, 5) is 21.9. The van der Waals surface area contributed by atoms with Crippen LogP contribution in [0.3, 0.4) is 0 Å². The number of nitrogens with one attached hydrogen (secondary N) is 1. The zero-order chi connectivity index (χ0) is 21.9. The second-order valence-corrected chi connectivity index (χ2v) is 8.84. The van der Waals surface area contributed by atoms with Crippen molar-refractivity contribution in [2.75, 3.05) is 5.32 Å². The van der Waals surface area contributed by atoms with Gasteiger partial charge in [-0.15, -0.1) is 11.3 Å². The molecule has 0 aliphatic heterocycles. The van der Waals surface area contributed by atoms with Crippen LogP contribution in [0, 0.1) is 6.92 Å². The van der Waals surface area contributed by atoms with Crippen LogP contribution >= 0.6 is 11.3 Å². The Balaban J connectivity index is 1.60. The van der Waals surface area contributed by atoms with Gasteiger partial charge in [0.15, 0.2) is 11.0 Å². The highest BCUT2D eigenvalue weighted by molar-refractivity contribution is 7.16. The fourth-order valence-electron chi connectivity index (χ4n) is 2.58. The standard InChI is InChI=1S/C20H22F2N4O3S/c1-11-16(12-5-7-13(8-6-12)28-18(21)22)25-19(30-11)23-14(27)9-10-15-24-17(26-29-15)20(2,3)4/h5-8,18H,9-10H2,1-4H3,(H,23,25,27). The quantitative estimate of drug-likeness (QED) is 0.562. The van der Waals surface area contributed by atoms with Crippen LogP contribution in [0.15, 0.2) is 28.8 Å². The van der Waals surface area contributed by atoms with Gasteiger partial charge in [0.2, 0.25) is 11.8 Å². The van der Waals surface area contributed by atoms with Crippen molar-refractivity contribution >= 4 is 22.4 Å². The van der Waals surface area contributed by atoms with Gasteiger partial charge < -0.3 is 14.6 Å². The number of ether oxygens (including phenoxy) is 1. The Morgan fingerprint density at radius 2 is 1.93 bits per heavy atom. The van der Waals surface area contributed by atoms with Gasteiger partial charge in [0, 0.05) is 28.7 Å². The fourth-order valence-corrected chi connectivity index (χ4v) is 3.43. The number of amides is 1. The molecule has 160 valence electrons. The molecule has 0 bridgehead atoms. The maximum Gasteiger partial charge on any atom is 0.387 e. The summed E-state index contributed by atoms with van der Waals surface area (Å²) in [6.07, 6.45) is 0.511. The molecular weight excluding hydrogens is 414 g/mol. The second kappa shape index (κ2) is 8.86. The van der Waals surface area contributed by atoms with Gasteiger partial charge in [0.25, 0.3) is 0 Å². The topological polar surface area (TPSA) is 90.1 Å². The lowest BCUT2D eigenvalue weighted by Crippen LogP contribution is -2.14. The summed E-state index contributed by atoms with van der Waals surface area (Å²) in [6, 6.07) is 6.20. The number of anilines is 1. The molecular formula is C20H22F2N4O3S. The van der Waals surface area contributed by atoms with Crippen molar-refractivity contribution in [3.8, 4) is 17.0 Å². The van der Waals surface area contributed by atoms with E-state index in [0.717, 1.165) is 10.4 Å². The summed E-state index contributed by atoms with van der Waals surface area (Å²) in [7, 11) is 0. The van der Waals surface area contributed by atoms with E-state index in [1.165, 1.54) is 23.5 Å². The van der Waals surface area contributed by atoms with Gasteiger partial charge in [-0.3, -0.25) is 4.79 Å². The van der Waals surface area contributed by atoms with E-state index in [-0.39, 0.29) is 23.5 Å². The van der Waals surface area contributed by atoms with Gasteiger partial charge in [-0.2, -0.15) is 13.8 Å². The van der Waals surface area contributed by atoms with Gasteiger partial charge >= 0.3 is 6.61 Å². The zero-order valence-electron chi connectivity index (χ0n) is 17.0. The van der Waals surface area contributed by atoms with Crippen LogP contribution in [0.2, 0.25) is 0 Å². The molecule has 3 aromatic rings. The number of benzene rings is 1. The fraction of sp³-hybridized carbons (Fsp3) is 0.400. The molecule has 3 rings (SSSR count). The molecule has 0 radical (unpaired) electrons. The molecule has 0 aliphatic carbocycles. The van der Waals surface area contributed by atoms with E-state index in [4.69, 9.17) is 4.52 Å². The zero-order valence-corrected chi connectivity index (χ0v) is 17.8. The lowest BCUT2D eigenvalue weighted by molar-refractivity contribution is -0.116. The van der Waals surface area contributed by atoms with Crippen molar-refractivity contribution in [2.24, 2.45) is 0 Å². The van der Waals surface area contributed by atoms with Crippen molar-refractivity contribution < 1.29 is 22.8 Å². The Hall–Kier alpha value is -2.88. The summed E-state index contributed by atoms with van der Waals surface area (Å²) < 4.78 is 34.1. The van der Waals surface area contributed by atoms with E-state index < -0.39 is 6.61 Å². The van der Waals surface area contributed by atoms with E-state index in [9.17, 15) is 13.6 Å². The molecule has 0 saturated heterocycles. The third-order valence-corrected chi connectivity index (χ3v) is 4.99. The van der Waals surface area contributed by atoms with Crippen molar-refractivity contribution in [2.45, 2.75) is 52.6 Å². The Bertz CT molecular complexity index is 1010. The van der Waals surface area contributed by atoms with E-state index in [0.29, 0.717) is 29.0 Å². The van der Waals surface area contributed by atoms with Crippen molar-refractivity contribution in [3.63, 3.8) is 0 Å². The summed E-state index contributed by atoms with van der Waals surface area (Å²) in [5.74, 6) is 0.873. The number of thiazole rings is 1. The molecule has 1 N–H and O–H groups in total. The number of halogens is 2. The highest BCUT2D eigenvalue weighted by Gasteiger charge is 2.21. The smallest absolute Gasteiger partial charge is 0.387 e. The van der Waals surface area contributed by atoms with Gasteiger partial charge in [-0.1, -0.05) is 25.9 Å². The predicted octanol–water partition coefficient (Wildman–Crippen LogP) is 4.97. The molecule has 30 heavy (non-hydrogen) atoms. The molecule has 2 aromatic heterocycles. The Morgan fingerprint density at radius 3 is 2.53 bits per heavy atom. The molecule has 0 unspecified atom stereocenters. The third-order valence-electron chi connectivity index (χ3n) is 4.10. The van der Waals surface area contributed by atoms with Gasteiger partial charge in [-0.25, -0.2) is 4.98 Å². The average Bonchev–Trinajstić information content (AvgIpc) is 3.27. The van der Waals surface area contributed by atoms with Crippen molar-refractivity contribution in [1.29, 1.82) is 0 Å². The minimum atomic E-state index is -2.87. The lowest BCUT2D eigenvalue weighted by Gasteiger charge is -2.10. The largest absolute Gasteiger partial charge is 0.435 e. The second-order valence-electron chi connectivity index (χ2n) is 7.64. The van der Waals surface area contributed by atoms with Crippen LogP contribution in [0.1, 0.15) is 43.8 Å². The molecule has 1 aromatic carbocycles. The normalized spacial score (nSPS) is 11.7. The molecule has 7 nitrogen and oxygen atoms in total. The van der Waals surface area contributed by atoms with Crippen LogP contribution in [-0.4, -0.2) is 27.6 Å². The van der Waals surface area contributed by atoms with Crippen LogP contribution < -0.4 is 10.1 Å². The summed E-state index contributed by atoms with van der Waals surface area (Å²) >= 11 is 1.34. The Morgan fingerprint density at radius 1 is 1.23 bits per heavy atom. The average molecular weight is 436 g/mol. The van der Waals surface area contributed by atoms with Crippen LogP contribution in [0.5, 0.6) is 5.75 Å². The molecule has 10 heteroatoms. The molecule has 1 amide bonds. The first-order chi connectivity index (χ1) is 14.1. The summed E-state index contributed by atoms with van der Waals surface area (Å²) in [6.45, 7) is 4.95. The number of nitrogens with zero attached hydrogens (tertiary/aromatic N) is 3. The lowest BCUT2D eigenvalue weighted by atomic mass is 9.96. The predicted molar refractivity (Wildman–Crippen MR) is 109 cm³/mol. The minimum absolute atomic E-state index is 0.0748. The first-order valence-electron chi connectivity index (χ1n) is 9.27. The van der Waals surface area contributed by atoms with Crippen LogP contribution in [-0.2, 0) is 16.6 Å². The van der Waals surface area contributed by atoms with E-state index in [1.54, 1.807) is 12.1 Å². The van der Waals surface area contributed by atoms with Gasteiger partial charge in [0.05, 0.1) is 5.69 Å². The maximum absolute atomic E-state index is 12.3. The molecule has 0 aliphatic rings. The number of carbonyl (C=O) groups is 1. The number of aromatic nitrogens is 3. The maximum atomic E-state index is 12.3. The summed E-state index contributed by atoms with van der Waals surface area (Å²) in [5.41, 5.74) is 1.19. The van der Waals surface area contributed by atoms with Crippen LogP contribution in [0.4, 0.5) is 13.9 Å². The molecule has 0 atom stereocenters. The first kappa shape index (κ1) is 21.8. The Labute approximate surface area is 176 Å². The number of hydrogen-bond acceptors (Lipinski definition) is 7. The van der Waals surface area contributed by atoms with Crippen molar-refractivity contribution in [3.05, 3.63) is 40.9 Å². The van der Waals surface area contributed by atoms with Crippen molar-refractivity contribution in [1.82, 2.24) is 15.1 Å². The minimum Gasteiger partial charge on any atom is -0.435 e. The monoisotopic (exact) mass is 436 g/mol. The molecule has 0 fully saturated rings. The van der Waals surface area contributed by atoms with Gasteiger partial charge in [0.1, 0.15) is 5.75 Å². The molecule has 0 spiro atoms. The molecule has 2 heterocycles. The number of hydrogen-bond donors (Lipinski definition) is 1. The van der Waals surface area contributed by atoms with E-state index in [2.05, 4.69) is 25.2 Å². The van der Waals surface area contributed by atoms with Crippen LogP contribution in [0.25, 0.3) is 11.3 Å². The number of rotatable bonds is 7. The number of aryl methyl sites for hydroxylation is 2. The first-order valence-corrected chi connectivity index (χ1v) is 10.1. The summed E-state index contributed by atoms with van der Waals surface area (Å²) in [5, 5.41) is 7.17. The van der Waals surface area contributed by atoms with Gasteiger partial charge in [-0.05, 0) is 31.2 Å². The highest BCUT2D eigenvalue weighted by atomic mass is 32.1. The third kappa shape index (κ3) is 5.59. The van der Waals surface area contributed by atoms with E-state index >= 15 is 0 Å². The number of alkyl halides is 2. The number of carbonyl (C=O) groups excluding carboxylic acids is 1. The SMILES string of the molecule is Cc1sc(NC(=O)CCc2nc(C(C)(C)C)no2)nc1-c1ccc(OC(F)F)cc1. The van der Waals surface area contributed by atoms with E-state index in [1.807, 2.05) is 27.7 Å².